The molecule has 0 radical (unpaired) electrons. The Hall–Kier alpha value is -1.45. The molecule has 1 atom stereocenters. The van der Waals surface area contributed by atoms with E-state index in [0.717, 1.165) is 0 Å². The first-order chi connectivity index (χ1) is 5.20. The SMILES string of the molecule is CN1C=CC=CC1OC(N)=O. The Labute approximate surface area is 64.9 Å². The molecule has 0 spiro atoms. The molecule has 0 aromatic heterocycles. The van der Waals surface area contributed by atoms with Gasteiger partial charge in [0.15, 0.2) is 6.23 Å². The molecule has 60 valence electrons. The van der Waals surface area contributed by atoms with Crippen LogP contribution in [0.3, 0.4) is 0 Å². The van der Waals surface area contributed by atoms with Gasteiger partial charge in [-0.1, -0.05) is 6.08 Å². The number of carbonyl (C=O) groups is 1. The summed E-state index contributed by atoms with van der Waals surface area (Å²) in [4.78, 5) is 12.1. The minimum atomic E-state index is -0.762. The summed E-state index contributed by atoms with van der Waals surface area (Å²) < 4.78 is 4.73. The quantitative estimate of drug-likeness (QED) is 0.595. The third-order valence-corrected chi connectivity index (χ3v) is 1.35. The highest BCUT2D eigenvalue weighted by Crippen LogP contribution is 2.06. The van der Waals surface area contributed by atoms with Crippen LogP contribution < -0.4 is 5.73 Å². The number of hydrogen-bond acceptors (Lipinski definition) is 3. The van der Waals surface area contributed by atoms with Crippen molar-refractivity contribution >= 4 is 6.09 Å². The monoisotopic (exact) mass is 154 g/mol. The van der Waals surface area contributed by atoms with E-state index in [0.29, 0.717) is 0 Å². The second-order valence-electron chi connectivity index (χ2n) is 2.22. The smallest absolute Gasteiger partial charge is 0.406 e. The van der Waals surface area contributed by atoms with Gasteiger partial charge in [-0.15, -0.1) is 0 Å². The number of hydrogen-bond donors (Lipinski definition) is 1. The summed E-state index contributed by atoms with van der Waals surface area (Å²) in [5.41, 5.74) is 4.84. The molecule has 1 unspecified atom stereocenters. The molecule has 0 aromatic carbocycles. The van der Waals surface area contributed by atoms with Gasteiger partial charge in [0, 0.05) is 13.2 Å². The van der Waals surface area contributed by atoms with Crippen LogP contribution in [0.5, 0.6) is 0 Å². The van der Waals surface area contributed by atoms with Crippen LogP contribution in [0.4, 0.5) is 4.79 Å². The average Bonchev–Trinajstić information content (AvgIpc) is 1.93. The van der Waals surface area contributed by atoms with Crippen molar-refractivity contribution in [3.63, 3.8) is 0 Å². The van der Waals surface area contributed by atoms with E-state index in [1.165, 1.54) is 0 Å². The molecular weight excluding hydrogens is 144 g/mol. The minimum absolute atomic E-state index is 0.363. The van der Waals surface area contributed by atoms with Crippen LogP contribution in [0.2, 0.25) is 0 Å². The predicted octanol–water partition coefficient (Wildman–Crippen LogP) is 0.423. The van der Waals surface area contributed by atoms with Crippen molar-refractivity contribution in [2.24, 2.45) is 5.73 Å². The predicted molar refractivity (Wildman–Crippen MR) is 40.5 cm³/mol. The van der Waals surface area contributed by atoms with Crippen LogP contribution in [-0.2, 0) is 4.74 Å². The maximum Gasteiger partial charge on any atom is 0.406 e. The van der Waals surface area contributed by atoms with Crippen molar-refractivity contribution in [1.29, 1.82) is 0 Å². The highest BCUT2D eigenvalue weighted by atomic mass is 16.6. The molecule has 1 aliphatic heterocycles. The Balaban J connectivity index is 2.52. The van der Waals surface area contributed by atoms with Gasteiger partial charge in [-0.2, -0.15) is 0 Å². The van der Waals surface area contributed by atoms with Gasteiger partial charge >= 0.3 is 6.09 Å². The Morgan fingerprint density at radius 1 is 1.64 bits per heavy atom. The van der Waals surface area contributed by atoms with Gasteiger partial charge in [-0.3, -0.25) is 0 Å². The highest BCUT2D eigenvalue weighted by molar-refractivity contribution is 5.65. The second kappa shape index (κ2) is 3.09. The Morgan fingerprint density at radius 2 is 2.36 bits per heavy atom. The number of carbonyl (C=O) groups excluding carboxylic acids is 1. The zero-order valence-electron chi connectivity index (χ0n) is 6.23. The van der Waals surface area contributed by atoms with E-state index in [4.69, 9.17) is 10.5 Å². The molecule has 0 bridgehead atoms. The molecule has 4 heteroatoms. The number of primary amides is 1. The van der Waals surface area contributed by atoms with Gasteiger partial charge in [0.25, 0.3) is 0 Å². The fourth-order valence-electron chi connectivity index (χ4n) is 0.807. The van der Waals surface area contributed by atoms with Crippen LogP contribution in [0.1, 0.15) is 0 Å². The third kappa shape index (κ3) is 2.00. The molecule has 0 aliphatic carbocycles. The molecule has 1 aliphatic rings. The van der Waals surface area contributed by atoms with Crippen molar-refractivity contribution in [2.45, 2.75) is 6.23 Å². The highest BCUT2D eigenvalue weighted by Gasteiger charge is 2.12. The zero-order chi connectivity index (χ0) is 8.27. The lowest BCUT2D eigenvalue weighted by atomic mass is 10.3. The molecule has 4 nitrogen and oxygen atoms in total. The first-order valence-corrected chi connectivity index (χ1v) is 3.23. The van der Waals surface area contributed by atoms with Gasteiger partial charge in [0.2, 0.25) is 0 Å². The van der Waals surface area contributed by atoms with Crippen molar-refractivity contribution in [2.75, 3.05) is 7.05 Å². The van der Waals surface area contributed by atoms with Gasteiger partial charge in [0.1, 0.15) is 0 Å². The normalized spacial score (nSPS) is 21.9. The number of allylic oxidation sites excluding steroid dienone is 2. The van der Waals surface area contributed by atoms with Crippen LogP contribution in [0.25, 0.3) is 0 Å². The van der Waals surface area contributed by atoms with Crippen LogP contribution >= 0.6 is 0 Å². The van der Waals surface area contributed by atoms with Gasteiger partial charge < -0.3 is 15.4 Å². The standard InChI is InChI=1S/C7H10N2O2/c1-9-5-3-2-4-6(9)11-7(8)10/h2-6H,1H3,(H2,8,10). The summed E-state index contributed by atoms with van der Waals surface area (Å²) >= 11 is 0. The van der Waals surface area contributed by atoms with E-state index in [-0.39, 0.29) is 6.23 Å². The lowest BCUT2D eigenvalue weighted by Crippen LogP contribution is -2.33. The summed E-state index contributed by atoms with van der Waals surface area (Å²) in [6, 6.07) is 0. The molecule has 2 N–H and O–H groups in total. The molecule has 11 heavy (non-hydrogen) atoms. The molecule has 1 rings (SSSR count). The molecular formula is C7H10N2O2. The van der Waals surface area contributed by atoms with Crippen molar-refractivity contribution in [3.8, 4) is 0 Å². The van der Waals surface area contributed by atoms with Crippen LogP contribution in [0, 0.1) is 0 Å². The summed E-state index contributed by atoms with van der Waals surface area (Å²) in [5.74, 6) is 0. The lowest BCUT2D eigenvalue weighted by molar-refractivity contribution is 0.0616. The summed E-state index contributed by atoms with van der Waals surface area (Å²) in [7, 11) is 1.80. The second-order valence-corrected chi connectivity index (χ2v) is 2.22. The molecule has 1 amide bonds. The summed E-state index contributed by atoms with van der Waals surface area (Å²) in [6.45, 7) is 0. The van der Waals surface area contributed by atoms with Gasteiger partial charge in [-0.25, -0.2) is 4.79 Å². The molecule has 0 saturated heterocycles. The summed E-state index contributed by atoms with van der Waals surface area (Å²) in [6.07, 6.45) is 6.06. The van der Waals surface area contributed by atoms with E-state index in [2.05, 4.69) is 0 Å². The average molecular weight is 154 g/mol. The lowest BCUT2D eigenvalue weighted by Gasteiger charge is -2.24. The molecule has 0 fully saturated rings. The Morgan fingerprint density at radius 3 is 2.91 bits per heavy atom. The fraction of sp³-hybridized carbons (Fsp3) is 0.286. The minimum Gasteiger partial charge on any atom is -0.422 e. The maximum atomic E-state index is 10.3. The van der Waals surface area contributed by atoms with E-state index in [1.54, 1.807) is 30.3 Å². The molecule has 0 saturated carbocycles. The van der Waals surface area contributed by atoms with E-state index in [1.807, 2.05) is 6.08 Å². The van der Waals surface area contributed by atoms with Gasteiger partial charge in [-0.05, 0) is 12.2 Å². The number of nitrogens with zero attached hydrogens (tertiary/aromatic N) is 1. The zero-order valence-corrected chi connectivity index (χ0v) is 6.23. The fourth-order valence-corrected chi connectivity index (χ4v) is 0.807. The van der Waals surface area contributed by atoms with E-state index >= 15 is 0 Å². The van der Waals surface area contributed by atoms with Crippen LogP contribution in [-0.4, -0.2) is 24.3 Å². The van der Waals surface area contributed by atoms with E-state index in [9.17, 15) is 4.79 Å². The maximum absolute atomic E-state index is 10.3. The van der Waals surface area contributed by atoms with Crippen molar-refractivity contribution in [1.82, 2.24) is 4.90 Å². The number of likely N-dealkylation sites (N-methyl/N-ethyl adjacent to an activating group) is 1. The van der Waals surface area contributed by atoms with Crippen molar-refractivity contribution < 1.29 is 9.53 Å². The number of ether oxygens (including phenoxy) is 1. The first-order valence-electron chi connectivity index (χ1n) is 3.23. The number of amides is 1. The summed E-state index contributed by atoms with van der Waals surface area (Å²) in [5, 5.41) is 0. The molecule has 0 aromatic rings. The molecule has 1 heterocycles. The largest absolute Gasteiger partial charge is 0.422 e. The first kappa shape index (κ1) is 7.65. The van der Waals surface area contributed by atoms with Gasteiger partial charge in [0.05, 0.1) is 0 Å². The number of rotatable bonds is 1. The van der Waals surface area contributed by atoms with E-state index < -0.39 is 6.09 Å². The van der Waals surface area contributed by atoms with Crippen LogP contribution in [0.15, 0.2) is 24.4 Å². The number of nitrogens with two attached hydrogens (primary N) is 1. The Kier molecular flexibility index (Phi) is 2.15. The topological polar surface area (TPSA) is 55.6 Å². The Bertz CT molecular complexity index is 210. The van der Waals surface area contributed by atoms with Crippen molar-refractivity contribution in [3.05, 3.63) is 24.4 Å². The third-order valence-electron chi connectivity index (χ3n) is 1.35.